The Morgan fingerprint density at radius 3 is 2.00 bits per heavy atom. The van der Waals surface area contributed by atoms with E-state index < -0.39 is 0 Å². The minimum absolute atomic E-state index is 0.117. The van der Waals surface area contributed by atoms with Crippen molar-refractivity contribution in [2.24, 2.45) is 5.73 Å². The Morgan fingerprint density at radius 2 is 1.43 bits per heavy atom. The summed E-state index contributed by atoms with van der Waals surface area (Å²) in [5.41, 5.74) is 11.7. The molecule has 3 aromatic heterocycles. The zero-order valence-corrected chi connectivity index (χ0v) is 20.7. The van der Waals surface area contributed by atoms with Crippen molar-refractivity contribution in [2.45, 2.75) is 26.9 Å². The second-order valence-electron chi connectivity index (χ2n) is 8.28. The predicted octanol–water partition coefficient (Wildman–Crippen LogP) is 5.05. The summed E-state index contributed by atoms with van der Waals surface area (Å²) in [4.78, 5) is 18.8. The number of benzene rings is 2. The number of halogens is 2. The van der Waals surface area contributed by atoms with Gasteiger partial charge in [0.2, 0.25) is 0 Å². The molecule has 5 aromatic rings. The highest BCUT2D eigenvalue weighted by atomic mass is 35.5. The molecule has 2 aromatic carbocycles. The summed E-state index contributed by atoms with van der Waals surface area (Å²) >= 11 is 12.3. The standard InChI is InChI=1S/C26H22Cl2N6O/c1-15-3-4-19(16(2)30-15)14-33-26(35)24(18-7-11-21(28)12-8-18)23(17-5-9-20(27)10-6-17)25-32-31-22(13-29)34(25)33/h3-12H,13-14,29H2,1-2H3. The monoisotopic (exact) mass is 504 g/mol. The smallest absolute Gasteiger partial charge is 0.274 e. The maximum absolute atomic E-state index is 14.2. The fourth-order valence-electron chi connectivity index (χ4n) is 4.25. The Morgan fingerprint density at radius 1 is 0.829 bits per heavy atom. The van der Waals surface area contributed by atoms with Crippen molar-refractivity contribution in [3.63, 3.8) is 0 Å². The molecule has 0 aliphatic rings. The maximum atomic E-state index is 14.2. The molecular formula is C26H22Cl2N6O. The van der Waals surface area contributed by atoms with Gasteiger partial charge in [-0.2, -0.15) is 0 Å². The van der Waals surface area contributed by atoms with Crippen LogP contribution in [0.4, 0.5) is 0 Å². The minimum atomic E-state index is -0.209. The molecule has 9 heteroatoms. The van der Waals surface area contributed by atoms with E-state index in [1.54, 1.807) is 33.5 Å². The van der Waals surface area contributed by atoms with Crippen molar-refractivity contribution in [1.29, 1.82) is 0 Å². The molecule has 0 bridgehead atoms. The van der Waals surface area contributed by atoms with E-state index in [1.807, 2.05) is 50.2 Å². The lowest BCUT2D eigenvalue weighted by Gasteiger charge is -2.18. The molecule has 0 fully saturated rings. The van der Waals surface area contributed by atoms with Gasteiger partial charge in [0.1, 0.15) is 0 Å². The van der Waals surface area contributed by atoms with Crippen LogP contribution < -0.4 is 11.3 Å². The summed E-state index contributed by atoms with van der Waals surface area (Å²) in [6, 6.07) is 18.4. The van der Waals surface area contributed by atoms with Crippen LogP contribution in [0.3, 0.4) is 0 Å². The first-order chi connectivity index (χ1) is 16.9. The molecule has 176 valence electrons. The number of nitrogens with two attached hydrogens (primary N) is 1. The number of aryl methyl sites for hydroxylation is 2. The normalized spacial score (nSPS) is 11.3. The van der Waals surface area contributed by atoms with Crippen LogP contribution in [0.1, 0.15) is 22.8 Å². The van der Waals surface area contributed by atoms with Gasteiger partial charge >= 0.3 is 0 Å². The van der Waals surface area contributed by atoms with E-state index in [0.29, 0.717) is 32.6 Å². The molecule has 3 heterocycles. The number of rotatable bonds is 5. The average Bonchev–Trinajstić information content (AvgIpc) is 3.27. The van der Waals surface area contributed by atoms with Gasteiger partial charge in [0.05, 0.1) is 18.7 Å². The van der Waals surface area contributed by atoms with Crippen LogP contribution in [0.25, 0.3) is 27.9 Å². The van der Waals surface area contributed by atoms with E-state index in [1.165, 1.54) is 0 Å². The van der Waals surface area contributed by atoms with Crippen molar-refractivity contribution < 1.29 is 0 Å². The van der Waals surface area contributed by atoms with Crippen LogP contribution >= 0.6 is 23.2 Å². The van der Waals surface area contributed by atoms with Crippen molar-refractivity contribution in [1.82, 2.24) is 24.4 Å². The van der Waals surface area contributed by atoms with Crippen LogP contribution in [-0.2, 0) is 13.1 Å². The van der Waals surface area contributed by atoms with Gasteiger partial charge in [-0.05, 0) is 60.9 Å². The van der Waals surface area contributed by atoms with Gasteiger partial charge in [-0.3, -0.25) is 9.78 Å². The van der Waals surface area contributed by atoms with Gasteiger partial charge in [-0.15, -0.1) is 10.2 Å². The number of aromatic nitrogens is 5. The molecule has 0 saturated carbocycles. The first-order valence-corrected chi connectivity index (χ1v) is 11.8. The highest BCUT2D eigenvalue weighted by molar-refractivity contribution is 6.31. The third kappa shape index (κ3) is 4.23. The quantitative estimate of drug-likeness (QED) is 0.361. The Hall–Kier alpha value is -3.52. The molecule has 5 rings (SSSR count). The fraction of sp³-hybridized carbons (Fsp3) is 0.154. The van der Waals surface area contributed by atoms with E-state index in [-0.39, 0.29) is 18.6 Å². The first kappa shape index (κ1) is 23.2. The Kier molecular flexibility index (Phi) is 6.15. The average molecular weight is 505 g/mol. The lowest BCUT2D eigenvalue weighted by molar-refractivity contribution is 0.576. The molecule has 2 N–H and O–H groups in total. The molecule has 0 aliphatic heterocycles. The first-order valence-electron chi connectivity index (χ1n) is 11.0. The largest absolute Gasteiger partial charge is 0.324 e. The Bertz CT molecular complexity index is 1610. The summed E-state index contributed by atoms with van der Waals surface area (Å²) in [6.45, 7) is 4.27. The molecule has 7 nitrogen and oxygen atoms in total. The van der Waals surface area contributed by atoms with Gasteiger partial charge in [0.15, 0.2) is 11.5 Å². The number of hydrogen-bond acceptors (Lipinski definition) is 5. The van der Waals surface area contributed by atoms with E-state index in [2.05, 4.69) is 15.2 Å². The summed E-state index contributed by atoms with van der Waals surface area (Å²) in [5, 5.41) is 9.96. The third-order valence-electron chi connectivity index (χ3n) is 5.97. The molecule has 0 radical (unpaired) electrons. The van der Waals surface area contributed by atoms with Gasteiger partial charge in [0.25, 0.3) is 5.56 Å². The molecule has 35 heavy (non-hydrogen) atoms. The predicted molar refractivity (Wildman–Crippen MR) is 139 cm³/mol. The maximum Gasteiger partial charge on any atom is 0.274 e. The van der Waals surface area contributed by atoms with Gasteiger partial charge in [0, 0.05) is 27.0 Å². The lowest BCUT2D eigenvalue weighted by Crippen LogP contribution is -2.30. The summed E-state index contributed by atoms with van der Waals surface area (Å²) in [5.74, 6) is 0.479. The van der Waals surface area contributed by atoms with Crippen LogP contribution in [0, 0.1) is 13.8 Å². The summed E-state index contributed by atoms with van der Waals surface area (Å²) < 4.78 is 3.34. The van der Waals surface area contributed by atoms with Crippen LogP contribution in [0.2, 0.25) is 10.0 Å². The number of fused-ring (bicyclic) bond motifs is 1. The molecular weight excluding hydrogens is 483 g/mol. The van der Waals surface area contributed by atoms with E-state index in [9.17, 15) is 4.79 Å². The molecule has 0 spiro atoms. The highest BCUT2D eigenvalue weighted by Crippen LogP contribution is 2.34. The van der Waals surface area contributed by atoms with Crippen molar-refractivity contribution in [3.05, 3.63) is 104 Å². The van der Waals surface area contributed by atoms with Gasteiger partial charge < -0.3 is 5.73 Å². The second kappa shape index (κ2) is 9.26. The zero-order valence-electron chi connectivity index (χ0n) is 19.2. The second-order valence-corrected chi connectivity index (χ2v) is 9.15. The number of nitrogens with zero attached hydrogens (tertiary/aromatic N) is 5. The summed E-state index contributed by atoms with van der Waals surface area (Å²) in [7, 11) is 0. The van der Waals surface area contributed by atoms with Gasteiger partial charge in [-0.25, -0.2) is 9.20 Å². The molecule has 0 atom stereocenters. The topological polar surface area (TPSA) is 91.1 Å². The van der Waals surface area contributed by atoms with Crippen molar-refractivity contribution >= 4 is 28.8 Å². The number of hydrogen-bond donors (Lipinski definition) is 1. The third-order valence-corrected chi connectivity index (χ3v) is 6.48. The number of pyridine rings is 1. The van der Waals surface area contributed by atoms with Gasteiger partial charge in [-0.1, -0.05) is 53.5 Å². The molecule has 0 unspecified atom stereocenters. The van der Waals surface area contributed by atoms with Crippen LogP contribution in [0.5, 0.6) is 0 Å². The van der Waals surface area contributed by atoms with Crippen molar-refractivity contribution in [2.75, 3.05) is 0 Å². The van der Waals surface area contributed by atoms with E-state index in [0.717, 1.165) is 28.1 Å². The molecule has 0 saturated heterocycles. The van der Waals surface area contributed by atoms with E-state index >= 15 is 0 Å². The van der Waals surface area contributed by atoms with Crippen molar-refractivity contribution in [3.8, 4) is 22.3 Å². The SMILES string of the molecule is Cc1ccc(Cn2c(=O)c(-c3ccc(Cl)cc3)c(-c3ccc(Cl)cc3)c3nnc(CN)n32)c(C)n1. The lowest BCUT2D eigenvalue weighted by atomic mass is 9.96. The fourth-order valence-corrected chi connectivity index (χ4v) is 4.50. The molecule has 0 amide bonds. The Labute approximate surface area is 211 Å². The molecule has 0 aliphatic carbocycles. The zero-order chi connectivity index (χ0) is 24.7. The van der Waals surface area contributed by atoms with E-state index in [4.69, 9.17) is 28.9 Å². The van der Waals surface area contributed by atoms with Crippen LogP contribution in [-0.4, -0.2) is 24.4 Å². The highest BCUT2D eigenvalue weighted by Gasteiger charge is 2.24. The van der Waals surface area contributed by atoms with Crippen LogP contribution in [0.15, 0.2) is 65.5 Å². The minimum Gasteiger partial charge on any atom is -0.324 e. The Balaban J connectivity index is 1.88. The summed E-state index contributed by atoms with van der Waals surface area (Å²) in [6.07, 6.45) is 0.